The van der Waals surface area contributed by atoms with E-state index in [9.17, 15) is 14.0 Å². The van der Waals surface area contributed by atoms with Gasteiger partial charge in [-0.15, -0.1) is 5.10 Å². The van der Waals surface area contributed by atoms with E-state index in [0.29, 0.717) is 61.4 Å². The van der Waals surface area contributed by atoms with Gasteiger partial charge in [0.1, 0.15) is 23.2 Å². The molecule has 0 unspecified atom stereocenters. The van der Waals surface area contributed by atoms with Crippen LogP contribution in [-0.4, -0.2) is 87.6 Å². The van der Waals surface area contributed by atoms with E-state index in [1.165, 1.54) is 10.7 Å². The zero-order valence-corrected chi connectivity index (χ0v) is 28.2. The number of imidazole rings is 1. The van der Waals surface area contributed by atoms with E-state index in [2.05, 4.69) is 31.0 Å². The first-order chi connectivity index (χ1) is 23.6. The summed E-state index contributed by atoms with van der Waals surface area (Å²) in [7, 11) is 1.64. The number of fused-ring (bicyclic) bond motifs is 1. The third-order valence-corrected chi connectivity index (χ3v) is 8.37. The van der Waals surface area contributed by atoms with Gasteiger partial charge in [-0.3, -0.25) is 4.79 Å². The highest BCUT2D eigenvalue weighted by atomic mass is 19.1. The standard InChI is InChI=1S/C35H43FN8O5/c1-35(2,3)49-34(46)43-16-12-23(13-17-43)21-48-33-26(6-5-14-38-33)40-30-19-28(37-15-11-22-7-9-24(47-4)10-8-22)31-39-20-29(44(31)42-30)32(45)41-27-18-25(27)36/h5-10,14,19-20,23,25,27,37H,11-13,15-18,21H2,1-4H3,(H,40,42)(H,41,45)/t25-,27-/m0/s1. The summed E-state index contributed by atoms with van der Waals surface area (Å²) >= 11 is 0. The number of halogens is 1. The topological polar surface area (TPSA) is 144 Å². The molecule has 1 saturated heterocycles. The number of ether oxygens (including phenoxy) is 3. The van der Waals surface area contributed by atoms with Gasteiger partial charge in [0.15, 0.2) is 17.2 Å². The average molecular weight is 675 g/mol. The summed E-state index contributed by atoms with van der Waals surface area (Å²) < 4.78 is 32.0. The highest BCUT2D eigenvalue weighted by Gasteiger charge is 2.39. The Labute approximate surface area is 284 Å². The van der Waals surface area contributed by atoms with Crippen LogP contribution in [0.4, 0.5) is 26.4 Å². The summed E-state index contributed by atoms with van der Waals surface area (Å²) in [5.41, 5.74) is 2.48. The fraction of sp³-hybridized carbons (Fsp3) is 0.457. The lowest BCUT2D eigenvalue weighted by Gasteiger charge is -2.33. The van der Waals surface area contributed by atoms with E-state index in [4.69, 9.17) is 14.2 Å². The summed E-state index contributed by atoms with van der Waals surface area (Å²) in [6.45, 7) is 7.80. The molecule has 3 aromatic heterocycles. The van der Waals surface area contributed by atoms with Gasteiger partial charge in [-0.2, -0.15) is 0 Å². The summed E-state index contributed by atoms with van der Waals surface area (Å²) in [6.07, 6.45) is 4.37. The van der Waals surface area contributed by atoms with Crippen LogP contribution in [0.5, 0.6) is 11.6 Å². The van der Waals surface area contributed by atoms with Gasteiger partial charge in [-0.05, 0) is 75.8 Å². The van der Waals surface area contributed by atoms with Gasteiger partial charge in [-0.25, -0.2) is 23.7 Å². The Morgan fingerprint density at radius 1 is 1.06 bits per heavy atom. The minimum absolute atomic E-state index is 0.191. The molecule has 13 nitrogen and oxygen atoms in total. The lowest BCUT2D eigenvalue weighted by Crippen LogP contribution is -2.42. The Bertz CT molecular complexity index is 1770. The second kappa shape index (κ2) is 14.5. The van der Waals surface area contributed by atoms with Crippen LogP contribution >= 0.6 is 0 Å². The molecule has 49 heavy (non-hydrogen) atoms. The number of pyridine rings is 1. The van der Waals surface area contributed by atoms with Gasteiger partial charge in [-0.1, -0.05) is 12.1 Å². The first kappa shape index (κ1) is 33.7. The van der Waals surface area contributed by atoms with E-state index in [0.717, 1.165) is 30.6 Å². The smallest absolute Gasteiger partial charge is 0.410 e. The Balaban J connectivity index is 1.16. The van der Waals surface area contributed by atoms with Gasteiger partial charge >= 0.3 is 6.09 Å². The number of methoxy groups -OCH3 is 1. The SMILES string of the molecule is COc1ccc(CCNc2cc(Nc3cccnc3OCC3CCN(C(=O)OC(C)(C)C)CC3)nn3c(C(=O)N[C@H]4C[C@@H]4F)cnc23)cc1. The molecule has 1 aliphatic carbocycles. The summed E-state index contributed by atoms with van der Waals surface area (Å²) in [5, 5.41) is 14.2. The number of carbonyl (C=O) groups excluding carboxylic acids is 2. The molecule has 2 amide bonds. The Morgan fingerprint density at radius 2 is 1.82 bits per heavy atom. The molecule has 1 aromatic carbocycles. The molecule has 6 rings (SSSR count). The summed E-state index contributed by atoms with van der Waals surface area (Å²) in [6, 6.07) is 12.8. The number of likely N-dealkylation sites (tertiary alicyclic amines) is 1. The van der Waals surface area contributed by atoms with Crippen molar-refractivity contribution in [2.24, 2.45) is 5.92 Å². The molecule has 4 aromatic rings. The lowest BCUT2D eigenvalue weighted by atomic mass is 9.98. The maximum atomic E-state index is 13.6. The molecule has 1 aliphatic heterocycles. The minimum atomic E-state index is -1.04. The number of anilines is 3. The zero-order valence-electron chi connectivity index (χ0n) is 28.2. The Hall–Kier alpha value is -5.14. The van der Waals surface area contributed by atoms with Crippen molar-refractivity contribution in [2.75, 3.05) is 44.0 Å². The second-order valence-corrected chi connectivity index (χ2v) is 13.4. The molecule has 2 fully saturated rings. The van der Waals surface area contributed by atoms with Crippen molar-refractivity contribution in [1.82, 2.24) is 29.8 Å². The summed E-state index contributed by atoms with van der Waals surface area (Å²) in [4.78, 5) is 36.2. The van der Waals surface area contributed by atoms with Crippen molar-refractivity contribution in [3.05, 3.63) is 66.1 Å². The largest absolute Gasteiger partial charge is 0.497 e. The van der Waals surface area contributed by atoms with Crippen molar-refractivity contribution >= 4 is 34.8 Å². The Morgan fingerprint density at radius 3 is 2.51 bits per heavy atom. The van der Waals surface area contributed by atoms with E-state index in [1.807, 2.05) is 57.2 Å². The number of rotatable bonds is 12. The number of hydrogen-bond acceptors (Lipinski definition) is 10. The first-order valence-corrected chi connectivity index (χ1v) is 16.6. The van der Waals surface area contributed by atoms with Crippen molar-refractivity contribution in [2.45, 2.75) is 64.3 Å². The molecule has 0 spiro atoms. The highest BCUT2D eigenvalue weighted by molar-refractivity contribution is 5.94. The fourth-order valence-electron chi connectivity index (χ4n) is 5.55. The first-order valence-electron chi connectivity index (χ1n) is 16.6. The molecule has 1 saturated carbocycles. The number of nitrogens with zero attached hydrogens (tertiary/aromatic N) is 5. The number of hydrogen-bond donors (Lipinski definition) is 3. The van der Waals surface area contributed by atoms with E-state index in [1.54, 1.807) is 24.3 Å². The average Bonchev–Trinajstić information content (AvgIpc) is 3.59. The van der Waals surface area contributed by atoms with Gasteiger partial charge in [0.05, 0.1) is 31.6 Å². The van der Waals surface area contributed by atoms with E-state index < -0.39 is 23.7 Å². The maximum absolute atomic E-state index is 13.6. The monoisotopic (exact) mass is 674 g/mol. The lowest BCUT2D eigenvalue weighted by molar-refractivity contribution is 0.0164. The van der Waals surface area contributed by atoms with Gasteiger partial charge < -0.3 is 35.1 Å². The van der Waals surface area contributed by atoms with E-state index >= 15 is 0 Å². The molecule has 260 valence electrons. The third kappa shape index (κ3) is 8.67. The van der Waals surface area contributed by atoms with Gasteiger partial charge in [0, 0.05) is 38.3 Å². The number of benzene rings is 1. The van der Waals surface area contributed by atoms with Crippen LogP contribution < -0.4 is 25.4 Å². The van der Waals surface area contributed by atoms with Crippen LogP contribution in [0.2, 0.25) is 0 Å². The van der Waals surface area contributed by atoms with Gasteiger partial charge in [0.2, 0.25) is 5.88 Å². The molecule has 0 radical (unpaired) electrons. The number of piperidine rings is 1. The molecule has 0 bridgehead atoms. The molecule has 2 atom stereocenters. The van der Waals surface area contributed by atoms with Crippen molar-refractivity contribution in [3.63, 3.8) is 0 Å². The van der Waals surface area contributed by atoms with Crippen LogP contribution in [0.1, 0.15) is 56.1 Å². The van der Waals surface area contributed by atoms with Crippen molar-refractivity contribution in [3.8, 4) is 11.6 Å². The van der Waals surface area contributed by atoms with Crippen LogP contribution in [0.3, 0.4) is 0 Å². The second-order valence-electron chi connectivity index (χ2n) is 13.4. The van der Waals surface area contributed by atoms with Crippen LogP contribution in [-0.2, 0) is 11.2 Å². The fourth-order valence-corrected chi connectivity index (χ4v) is 5.55. The summed E-state index contributed by atoms with van der Waals surface area (Å²) in [5.74, 6) is 1.41. The quantitative estimate of drug-likeness (QED) is 0.179. The molecule has 3 N–H and O–H groups in total. The Kier molecular flexibility index (Phi) is 10.0. The number of alkyl halides is 1. The highest BCUT2D eigenvalue weighted by Crippen LogP contribution is 2.30. The zero-order chi connectivity index (χ0) is 34.5. The minimum Gasteiger partial charge on any atom is -0.497 e. The van der Waals surface area contributed by atoms with Crippen LogP contribution in [0.15, 0.2) is 54.9 Å². The number of amides is 2. The number of nitrogens with one attached hydrogen (secondary N) is 3. The van der Waals surface area contributed by atoms with Crippen LogP contribution in [0.25, 0.3) is 5.65 Å². The molecule has 2 aliphatic rings. The van der Waals surface area contributed by atoms with Crippen LogP contribution in [0, 0.1) is 5.92 Å². The molecule has 14 heteroatoms. The molecular formula is C35H43FN8O5. The predicted molar refractivity (Wildman–Crippen MR) is 182 cm³/mol. The number of aromatic nitrogens is 4. The van der Waals surface area contributed by atoms with E-state index in [-0.39, 0.29) is 17.7 Å². The maximum Gasteiger partial charge on any atom is 0.410 e. The molecular weight excluding hydrogens is 631 g/mol. The predicted octanol–water partition coefficient (Wildman–Crippen LogP) is 5.40. The molecule has 4 heterocycles. The van der Waals surface area contributed by atoms with Gasteiger partial charge in [0.25, 0.3) is 5.91 Å². The number of carbonyl (C=O) groups is 2. The van der Waals surface area contributed by atoms with Crippen molar-refractivity contribution in [1.29, 1.82) is 0 Å². The third-order valence-electron chi connectivity index (χ3n) is 8.37. The van der Waals surface area contributed by atoms with Crippen molar-refractivity contribution < 1.29 is 28.2 Å². The normalized spacial score (nSPS) is 17.8.